The minimum absolute atomic E-state index is 0.0405. The van der Waals surface area contributed by atoms with Gasteiger partial charge in [0.2, 0.25) is 0 Å². The van der Waals surface area contributed by atoms with Crippen LogP contribution in [-0.4, -0.2) is 67.9 Å². The molecule has 1 aliphatic heterocycles. The Hall–Kier alpha value is -2.69. The van der Waals surface area contributed by atoms with Crippen molar-refractivity contribution in [3.63, 3.8) is 0 Å². The molecule has 0 saturated carbocycles. The first-order valence-electron chi connectivity index (χ1n) is 10.7. The fourth-order valence-electron chi connectivity index (χ4n) is 3.53. The second kappa shape index (κ2) is 13.6. The van der Waals surface area contributed by atoms with Gasteiger partial charge in [-0.3, -0.25) is 0 Å². The predicted octanol–water partition coefficient (Wildman–Crippen LogP) is 3.98. The fourth-order valence-corrected chi connectivity index (χ4v) is 3.53. The zero-order valence-corrected chi connectivity index (χ0v) is 19.8. The molecule has 163 valence electrons. The van der Waals surface area contributed by atoms with Gasteiger partial charge in [0.05, 0.1) is 0 Å². The van der Waals surface area contributed by atoms with Crippen molar-refractivity contribution in [1.82, 2.24) is 9.88 Å². The van der Waals surface area contributed by atoms with Crippen molar-refractivity contribution in [2.24, 2.45) is 0 Å². The van der Waals surface area contributed by atoms with Gasteiger partial charge in [-0.1, -0.05) is 23.8 Å². The number of nitrogens with one attached hydrogen (secondary N) is 1. The number of urea groups is 1. The molecule has 2 atom stereocenters. The van der Waals surface area contributed by atoms with Crippen molar-refractivity contribution in [3.05, 3.63) is 53.7 Å². The molecule has 0 spiro atoms. The number of carbonyl (C=O) groups excluding carboxylic acids is 1. The van der Waals surface area contributed by atoms with E-state index in [0.29, 0.717) is 0 Å². The number of aromatic nitrogens is 1. The summed E-state index contributed by atoms with van der Waals surface area (Å²) in [6.07, 6.45) is 1.83. The number of hydrogen-bond acceptors (Lipinski definition) is 3. The third kappa shape index (κ3) is 8.16. The van der Waals surface area contributed by atoms with Crippen LogP contribution in [0.5, 0.6) is 0 Å². The van der Waals surface area contributed by atoms with E-state index in [0.717, 1.165) is 24.6 Å². The number of amides is 2. The van der Waals surface area contributed by atoms with Gasteiger partial charge >= 0.3 is 46.6 Å². The second-order valence-electron chi connectivity index (χ2n) is 7.69. The summed E-state index contributed by atoms with van der Waals surface area (Å²) < 4.78 is 0. The molecule has 1 aliphatic rings. The summed E-state index contributed by atoms with van der Waals surface area (Å²) in [4.78, 5) is 21.5. The van der Waals surface area contributed by atoms with Gasteiger partial charge in [0.25, 0.3) is 0 Å². The Bertz CT molecular complexity index is 824. The quantitative estimate of drug-likeness (QED) is 0.753. The summed E-state index contributed by atoms with van der Waals surface area (Å²) in [7, 11) is 4.72. The number of carbonyl (C=O) groups is 1. The molecule has 1 radical (unpaired) electrons. The Balaban J connectivity index is 0.000000720. The van der Waals surface area contributed by atoms with Crippen LogP contribution in [0.2, 0.25) is 6.82 Å². The zero-order valence-electron chi connectivity index (χ0n) is 19.8. The molecule has 0 bridgehead atoms. The van der Waals surface area contributed by atoms with Gasteiger partial charge in [0.15, 0.2) is 0 Å². The van der Waals surface area contributed by atoms with E-state index >= 15 is 0 Å². The fraction of sp³-hybridized carbons (Fsp3) is 0.417. The van der Waals surface area contributed by atoms with E-state index < -0.39 is 0 Å². The molecule has 2 unspecified atom stereocenters. The molecule has 1 fully saturated rings. The molecule has 3 rings (SSSR count). The van der Waals surface area contributed by atoms with Crippen molar-refractivity contribution in [1.29, 1.82) is 0 Å². The average molecular weight is 417 g/mol. The van der Waals surface area contributed by atoms with Gasteiger partial charge in [-0.2, -0.15) is 0 Å². The molecule has 1 aromatic carbocycles. The van der Waals surface area contributed by atoms with Crippen LogP contribution >= 0.6 is 0 Å². The Morgan fingerprint density at radius 1 is 1.19 bits per heavy atom. The maximum atomic E-state index is 12.8. The first-order chi connectivity index (χ1) is 14.8. The monoisotopic (exact) mass is 417 g/mol. The van der Waals surface area contributed by atoms with E-state index in [1.807, 2.05) is 55.2 Å². The molecule has 1 N–H and O–H groups in total. The zero-order chi connectivity index (χ0) is 23.4. The van der Waals surface area contributed by atoms with Crippen LogP contribution in [0.25, 0.3) is 0 Å². The van der Waals surface area contributed by atoms with Crippen LogP contribution in [0.1, 0.15) is 31.9 Å². The Labute approximate surface area is 189 Å². The normalized spacial score (nSPS) is 17.2. The molecule has 5 nitrogen and oxygen atoms in total. The number of pyridine rings is 1. The van der Waals surface area contributed by atoms with Crippen molar-refractivity contribution in [2.75, 3.05) is 23.3 Å². The van der Waals surface area contributed by atoms with E-state index in [4.69, 9.17) is 7.49 Å². The molecule has 7 heteroatoms. The van der Waals surface area contributed by atoms with Gasteiger partial charge in [0, 0.05) is 37.1 Å². The van der Waals surface area contributed by atoms with Crippen LogP contribution in [0.4, 0.5) is 16.3 Å². The summed E-state index contributed by atoms with van der Waals surface area (Å²) in [5.74, 6) is 2.51. The number of benzene rings is 1. The van der Waals surface area contributed by atoms with Crippen molar-refractivity contribution < 1.29 is 4.79 Å². The SMILES string of the molecule is C=BC.Cc1ccc(NC(=O)N2C(C)CN(c3ncccc3C)CC2C)cc1.[B]=CC. The molecule has 1 aromatic heterocycles. The first kappa shape index (κ1) is 26.3. The summed E-state index contributed by atoms with van der Waals surface area (Å²) in [6, 6.07) is 12.1. The number of rotatable bonds is 2. The summed E-state index contributed by atoms with van der Waals surface area (Å²) in [5, 5.41) is 3.02. The Kier molecular flexibility index (Phi) is 11.5. The van der Waals surface area contributed by atoms with Gasteiger partial charge in [0.1, 0.15) is 5.82 Å². The van der Waals surface area contributed by atoms with Gasteiger partial charge in [-0.25, -0.2) is 9.78 Å². The topological polar surface area (TPSA) is 48.5 Å². The number of hydrogen-bond donors (Lipinski definition) is 1. The Morgan fingerprint density at radius 3 is 2.19 bits per heavy atom. The average Bonchev–Trinajstić information content (AvgIpc) is 2.71. The van der Waals surface area contributed by atoms with Crippen LogP contribution < -0.4 is 10.2 Å². The van der Waals surface area contributed by atoms with Gasteiger partial charge in [-0.05, 0) is 51.5 Å². The van der Waals surface area contributed by atoms with Crippen LogP contribution in [0, 0.1) is 13.8 Å². The molecular weight excluding hydrogens is 382 g/mol. The minimum atomic E-state index is -0.0405. The summed E-state index contributed by atoms with van der Waals surface area (Å²) in [6.45, 7) is 18.6. The van der Waals surface area contributed by atoms with Gasteiger partial charge in [-0.15, -0.1) is 0 Å². The van der Waals surface area contributed by atoms with Crippen molar-refractivity contribution in [3.8, 4) is 0 Å². The number of piperazine rings is 1. The Morgan fingerprint density at radius 2 is 1.71 bits per heavy atom. The van der Waals surface area contributed by atoms with E-state index in [-0.39, 0.29) is 18.1 Å². The van der Waals surface area contributed by atoms with E-state index in [2.05, 4.69) is 48.5 Å². The van der Waals surface area contributed by atoms with Crippen molar-refractivity contribution in [2.45, 2.75) is 53.5 Å². The maximum absolute atomic E-state index is 12.8. The second-order valence-corrected chi connectivity index (χ2v) is 7.69. The van der Waals surface area contributed by atoms with E-state index in [1.165, 1.54) is 17.1 Å². The number of nitrogens with zero attached hydrogens (tertiary/aromatic N) is 3. The molecular formula is C24H35B2N4O. The van der Waals surface area contributed by atoms with Gasteiger partial charge < -0.3 is 15.1 Å². The summed E-state index contributed by atoms with van der Waals surface area (Å²) in [5.41, 5.74) is 3.18. The molecule has 31 heavy (non-hydrogen) atoms. The standard InChI is InChI=1S/C20H26N4O.C2H5B.C2H4B/c1-14-7-9-18(10-8-14)22-20(25)24-16(3)12-23(13-17(24)4)19-15(2)6-5-11-21-19;1-3-2;1-2-3/h5-11,16-17H,12-13H2,1-4H3,(H,22,25);1H2,2H3;2H,1H3. The summed E-state index contributed by atoms with van der Waals surface area (Å²) >= 11 is 0. The van der Waals surface area contributed by atoms with E-state index in [9.17, 15) is 4.79 Å². The third-order valence-corrected chi connectivity index (χ3v) is 4.74. The molecule has 2 aromatic rings. The predicted molar refractivity (Wildman–Crippen MR) is 138 cm³/mol. The molecule has 0 aliphatic carbocycles. The molecule has 1 saturated heterocycles. The first-order valence-corrected chi connectivity index (χ1v) is 10.7. The van der Waals surface area contributed by atoms with Crippen LogP contribution in [0.3, 0.4) is 0 Å². The molecule has 2 amide bonds. The van der Waals surface area contributed by atoms with E-state index in [1.54, 1.807) is 13.8 Å². The van der Waals surface area contributed by atoms with Crippen LogP contribution in [-0.2, 0) is 0 Å². The van der Waals surface area contributed by atoms with Crippen molar-refractivity contribution >= 4 is 44.4 Å². The third-order valence-electron chi connectivity index (χ3n) is 4.74. The molecule has 2 heterocycles. The number of aryl methyl sites for hydroxylation is 2. The van der Waals surface area contributed by atoms with Crippen LogP contribution in [0.15, 0.2) is 42.6 Å². The number of anilines is 2.